The molecule has 2 aromatic carbocycles. The van der Waals surface area contributed by atoms with E-state index in [0.717, 1.165) is 11.1 Å². The summed E-state index contributed by atoms with van der Waals surface area (Å²) >= 11 is 0. The number of para-hydroxylation sites is 1. The number of ether oxygens (including phenoxy) is 1. The van der Waals surface area contributed by atoms with E-state index in [4.69, 9.17) is 9.15 Å². The molecule has 0 unspecified atom stereocenters. The van der Waals surface area contributed by atoms with E-state index in [1.165, 1.54) is 4.90 Å². The Balaban J connectivity index is 1.76. The van der Waals surface area contributed by atoms with Gasteiger partial charge in [0.05, 0.1) is 31.5 Å². The number of furan rings is 1. The first-order chi connectivity index (χ1) is 14.2. The van der Waals surface area contributed by atoms with Gasteiger partial charge in [-0.15, -0.1) is 0 Å². The lowest BCUT2D eigenvalue weighted by Gasteiger charge is -2.22. The van der Waals surface area contributed by atoms with Crippen molar-refractivity contribution in [3.63, 3.8) is 0 Å². The minimum atomic E-state index is -0.338. The smallest absolute Gasteiger partial charge is 0.322 e. The summed E-state index contributed by atoms with van der Waals surface area (Å²) in [4.78, 5) is 26.3. The average Bonchev–Trinajstić information content (AvgIpc) is 3.25. The van der Waals surface area contributed by atoms with E-state index in [1.807, 2.05) is 54.6 Å². The SMILES string of the molecule is CCOC(=O)CCN(Cc1ccco1)C(=O)Nc1ccccc1-c1ccccc1. The van der Waals surface area contributed by atoms with Gasteiger partial charge in [-0.1, -0.05) is 48.5 Å². The number of nitrogens with zero attached hydrogens (tertiary/aromatic N) is 1. The van der Waals surface area contributed by atoms with E-state index in [2.05, 4.69) is 5.32 Å². The minimum Gasteiger partial charge on any atom is -0.467 e. The van der Waals surface area contributed by atoms with Gasteiger partial charge in [-0.25, -0.2) is 4.79 Å². The number of benzene rings is 2. The highest BCUT2D eigenvalue weighted by Crippen LogP contribution is 2.27. The summed E-state index contributed by atoms with van der Waals surface area (Å²) < 4.78 is 10.4. The Morgan fingerprint density at radius 3 is 2.48 bits per heavy atom. The van der Waals surface area contributed by atoms with E-state index in [-0.39, 0.29) is 31.5 Å². The van der Waals surface area contributed by atoms with Crippen molar-refractivity contribution in [3.05, 3.63) is 78.8 Å². The molecule has 0 radical (unpaired) electrons. The molecular formula is C23H24N2O4. The second kappa shape index (κ2) is 10.1. The average molecular weight is 392 g/mol. The molecule has 0 saturated carbocycles. The van der Waals surface area contributed by atoms with Crippen LogP contribution in [0.4, 0.5) is 10.5 Å². The Morgan fingerprint density at radius 1 is 1.00 bits per heavy atom. The molecule has 0 aliphatic rings. The maximum atomic E-state index is 13.0. The fourth-order valence-corrected chi connectivity index (χ4v) is 2.96. The molecule has 0 bridgehead atoms. The molecule has 0 saturated heterocycles. The quantitative estimate of drug-likeness (QED) is 0.552. The summed E-state index contributed by atoms with van der Waals surface area (Å²) in [5.74, 6) is 0.301. The molecule has 6 nitrogen and oxygen atoms in total. The molecule has 0 spiro atoms. The van der Waals surface area contributed by atoms with Crippen LogP contribution < -0.4 is 5.32 Å². The number of esters is 1. The molecule has 3 rings (SSSR count). The van der Waals surface area contributed by atoms with Crippen LogP contribution in [-0.2, 0) is 16.1 Å². The molecule has 0 atom stereocenters. The second-order valence-electron chi connectivity index (χ2n) is 6.40. The zero-order valence-electron chi connectivity index (χ0n) is 16.3. The van der Waals surface area contributed by atoms with E-state index < -0.39 is 0 Å². The highest BCUT2D eigenvalue weighted by Gasteiger charge is 2.18. The number of hydrogen-bond donors (Lipinski definition) is 1. The Hall–Kier alpha value is -3.54. The van der Waals surface area contributed by atoms with Crippen LogP contribution in [0.2, 0.25) is 0 Å². The summed E-state index contributed by atoms with van der Waals surface area (Å²) in [6.45, 7) is 2.55. The zero-order chi connectivity index (χ0) is 20.5. The van der Waals surface area contributed by atoms with Crippen LogP contribution in [-0.4, -0.2) is 30.1 Å². The van der Waals surface area contributed by atoms with Crippen LogP contribution in [0.1, 0.15) is 19.1 Å². The van der Waals surface area contributed by atoms with Crippen LogP contribution in [0, 0.1) is 0 Å². The Bertz CT molecular complexity index is 923. The fraction of sp³-hybridized carbons (Fsp3) is 0.217. The number of amides is 2. The number of rotatable bonds is 8. The predicted molar refractivity (Wildman–Crippen MR) is 111 cm³/mol. The zero-order valence-corrected chi connectivity index (χ0v) is 16.3. The van der Waals surface area contributed by atoms with Crippen LogP contribution in [0.15, 0.2) is 77.4 Å². The van der Waals surface area contributed by atoms with Gasteiger partial charge < -0.3 is 19.4 Å². The first kappa shape index (κ1) is 20.2. The van der Waals surface area contributed by atoms with Crippen molar-refractivity contribution in [3.8, 4) is 11.1 Å². The molecule has 1 aromatic heterocycles. The molecule has 2 amide bonds. The van der Waals surface area contributed by atoms with Crippen molar-refractivity contribution in [1.82, 2.24) is 4.90 Å². The van der Waals surface area contributed by atoms with Gasteiger partial charge in [0.15, 0.2) is 0 Å². The number of anilines is 1. The molecule has 6 heteroatoms. The van der Waals surface area contributed by atoms with Crippen LogP contribution in [0.5, 0.6) is 0 Å². The van der Waals surface area contributed by atoms with Gasteiger partial charge in [0.25, 0.3) is 0 Å². The molecule has 0 aliphatic heterocycles. The van der Waals surface area contributed by atoms with E-state index >= 15 is 0 Å². The van der Waals surface area contributed by atoms with Crippen molar-refractivity contribution < 1.29 is 18.7 Å². The largest absolute Gasteiger partial charge is 0.467 e. The van der Waals surface area contributed by atoms with Crippen LogP contribution in [0.3, 0.4) is 0 Å². The molecule has 1 N–H and O–H groups in total. The van der Waals surface area contributed by atoms with Crippen molar-refractivity contribution >= 4 is 17.7 Å². The Morgan fingerprint density at radius 2 is 1.76 bits per heavy atom. The number of carbonyl (C=O) groups excluding carboxylic acids is 2. The minimum absolute atomic E-state index is 0.113. The van der Waals surface area contributed by atoms with Gasteiger partial charge in [-0.05, 0) is 30.7 Å². The second-order valence-corrected chi connectivity index (χ2v) is 6.40. The third-order valence-electron chi connectivity index (χ3n) is 4.36. The summed E-state index contributed by atoms with van der Waals surface area (Å²) in [6, 6.07) is 20.7. The standard InChI is InChI=1S/C23H24N2O4/c1-2-28-22(26)14-15-25(17-19-11-8-16-29-19)23(27)24-21-13-7-6-12-20(21)18-9-4-3-5-10-18/h3-13,16H,2,14-15,17H2,1H3,(H,24,27). The molecule has 150 valence electrons. The lowest BCUT2D eigenvalue weighted by molar-refractivity contribution is -0.143. The maximum Gasteiger partial charge on any atom is 0.322 e. The number of hydrogen-bond acceptors (Lipinski definition) is 4. The van der Waals surface area contributed by atoms with Gasteiger partial charge in [0.1, 0.15) is 5.76 Å². The van der Waals surface area contributed by atoms with Gasteiger partial charge in [-0.2, -0.15) is 0 Å². The highest BCUT2D eigenvalue weighted by atomic mass is 16.5. The van der Waals surface area contributed by atoms with E-state index in [1.54, 1.807) is 25.3 Å². The number of urea groups is 1. The number of nitrogens with one attached hydrogen (secondary N) is 1. The summed E-state index contributed by atoms with van der Waals surface area (Å²) in [5.41, 5.74) is 2.63. The lowest BCUT2D eigenvalue weighted by Crippen LogP contribution is -2.36. The summed E-state index contributed by atoms with van der Waals surface area (Å²) in [6.07, 6.45) is 1.67. The Kier molecular flexibility index (Phi) is 7.05. The maximum absolute atomic E-state index is 13.0. The van der Waals surface area contributed by atoms with Crippen LogP contribution in [0.25, 0.3) is 11.1 Å². The molecule has 29 heavy (non-hydrogen) atoms. The highest BCUT2D eigenvalue weighted by molar-refractivity contribution is 5.94. The topological polar surface area (TPSA) is 71.8 Å². The van der Waals surface area contributed by atoms with Crippen LogP contribution >= 0.6 is 0 Å². The Labute approximate surface area is 170 Å². The van der Waals surface area contributed by atoms with Gasteiger partial charge in [0.2, 0.25) is 0 Å². The molecule has 0 fully saturated rings. The van der Waals surface area contributed by atoms with Gasteiger partial charge >= 0.3 is 12.0 Å². The van der Waals surface area contributed by atoms with Crippen molar-refractivity contribution in [1.29, 1.82) is 0 Å². The van der Waals surface area contributed by atoms with E-state index in [9.17, 15) is 9.59 Å². The third-order valence-corrected chi connectivity index (χ3v) is 4.36. The first-order valence-electron chi connectivity index (χ1n) is 9.55. The lowest BCUT2D eigenvalue weighted by atomic mass is 10.0. The molecule has 3 aromatic rings. The van der Waals surface area contributed by atoms with Crippen molar-refractivity contribution in [2.24, 2.45) is 0 Å². The number of carbonyl (C=O) groups is 2. The van der Waals surface area contributed by atoms with Gasteiger partial charge in [-0.3, -0.25) is 4.79 Å². The molecule has 1 heterocycles. The molecular weight excluding hydrogens is 368 g/mol. The van der Waals surface area contributed by atoms with Crippen molar-refractivity contribution in [2.45, 2.75) is 19.9 Å². The van der Waals surface area contributed by atoms with Gasteiger partial charge in [0, 0.05) is 12.1 Å². The monoisotopic (exact) mass is 392 g/mol. The van der Waals surface area contributed by atoms with E-state index in [0.29, 0.717) is 18.1 Å². The predicted octanol–water partition coefficient (Wildman–Crippen LogP) is 4.93. The fourth-order valence-electron chi connectivity index (χ4n) is 2.96. The first-order valence-corrected chi connectivity index (χ1v) is 9.55. The summed E-state index contributed by atoms with van der Waals surface area (Å²) in [5, 5.41) is 2.97. The summed E-state index contributed by atoms with van der Waals surface area (Å²) in [7, 11) is 0. The normalized spacial score (nSPS) is 10.4. The van der Waals surface area contributed by atoms with Crippen molar-refractivity contribution in [2.75, 3.05) is 18.5 Å². The third kappa shape index (κ3) is 5.72. The molecule has 0 aliphatic carbocycles.